The fraction of sp³-hybridized carbons (Fsp3) is 0.500. The molecule has 1 saturated heterocycles. The van der Waals surface area contributed by atoms with Gasteiger partial charge < -0.3 is 20.1 Å². The molecule has 2 rings (SSSR count). The number of amides is 1. The monoisotopic (exact) mass is 298 g/mol. The predicted molar refractivity (Wildman–Crippen MR) is 78.8 cm³/mol. The van der Waals surface area contributed by atoms with Gasteiger partial charge in [0.15, 0.2) is 0 Å². The molecule has 1 heterocycles. The molecule has 0 aliphatic carbocycles. The zero-order valence-electron chi connectivity index (χ0n) is 11.9. The van der Waals surface area contributed by atoms with E-state index in [9.17, 15) is 4.79 Å². The highest BCUT2D eigenvalue weighted by Gasteiger charge is 2.36. The molecule has 1 fully saturated rings. The number of nitrogens with one attached hydrogen (secondary N) is 2. The summed E-state index contributed by atoms with van der Waals surface area (Å²) in [6.45, 7) is 3.47. The number of anilines is 1. The van der Waals surface area contributed by atoms with Crippen LogP contribution in [0.2, 0.25) is 5.02 Å². The van der Waals surface area contributed by atoms with E-state index in [4.69, 9.17) is 21.1 Å². The van der Waals surface area contributed by atoms with E-state index in [2.05, 4.69) is 10.6 Å². The molecule has 0 radical (unpaired) electrons. The molecule has 0 saturated carbocycles. The van der Waals surface area contributed by atoms with Crippen LogP contribution >= 0.6 is 11.6 Å². The summed E-state index contributed by atoms with van der Waals surface area (Å²) in [5.41, 5.74) is 0.157. The third-order valence-corrected chi connectivity index (χ3v) is 3.93. The van der Waals surface area contributed by atoms with Crippen LogP contribution in [0.5, 0.6) is 11.5 Å². The van der Waals surface area contributed by atoms with Crippen molar-refractivity contribution < 1.29 is 14.3 Å². The number of hydrogen-bond donors (Lipinski definition) is 2. The van der Waals surface area contributed by atoms with Gasteiger partial charge in [0.25, 0.3) is 0 Å². The van der Waals surface area contributed by atoms with Crippen LogP contribution in [0.25, 0.3) is 0 Å². The second-order valence-electron chi connectivity index (χ2n) is 5.13. The Morgan fingerprint density at radius 3 is 2.60 bits per heavy atom. The molecule has 1 amide bonds. The van der Waals surface area contributed by atoms with E-state index in [1.807, 2.05) is 6.92 Å². The van der Waals surface area contributed by atoms with Gasteiger partial charge in [-0.15, -0.1) is 0 Å². The van der Waals surface area contributed by atoms with Crippen molar-refractivity contribution in [3.63, 3.8) is 0 Å². The van der Waals surface area contributed by atoms with Crippen LogP contribution in [-0.2, 0) is 4.79 Å². The van der Waals surface area contributed by atoms with E-state index >= 15 is 0 Å². The Kier molecular flexibility index (Phi) is 4.40. The minimum Gasteiger partial charge on any atom is -0.495 e. The number of hydrogen-bond acceptors (Lipinski definition) is 4. The Morgan fingerprint density at radius 2 is 2.05 bits per heavy atom. The van der Waals surface area contributed by atoms with E-state index in [0.29, 0.717) is 28.8 Å². The molecule has 0 aromatic heterocycles. The Hall–Kier alpha value is -1.46. The molecule has 1 aromatic carbocycles. The molecule has 1 aliphatic rings. The first kappa shape index (κ1) is 14.9. The Labute approximate surface area is 123 Å². The van der Waals surface area contributed by atoms with Crippen molar-refractivity contribution in [2.75, 3.05) is 32.6 Å². The van der Waals surface area contributed by atoms with Crippen LogP contribution in [0, 0.1) is 5.41 Å². The number of carbonyl (C=O) groups is 1. The number of carbonyl (C=O) groups excluding carboxylic acids is 1. The maximum Gasteiger partial charge on any atom is 0.231 e. The van der Waals surface area contributed by atoms with Crippen molar-refractivity contribution in [1.29, 1.82) is 0 Å². The first-order valence-corrected chi connectivity index (χ1v) is 6.81. The van der Waals surface area contributed by atoms with Gasteiger partial charge in [0.05, 0.1) is 30.3 Å². The highest BCUT2D eigenvalue weighted by atomic mass is 35.5. The lowest BCUT2D eigenvalue weighted by Crippen LogP contribution is -2.35. The van der Waals surface area contributed by atoms with Crippen molar-refractivity contribution in [2.24, 2.45) is 5.41 Å². The molecule has 6 heteroatoms. The number of halogens is 1. The maximum atomic E-state index is 12.4. The Bertz CT molecular complexity index is 513. The molecule has 0 bridgehead atoms. The van der Waals surface area contributed by atoms with E-state index in [1.54, 1.807) is 12.1 Å². The molecule has 20 heavy (non-hydrogen) atoms. The van der Waals surface area contributed by atoms with E-state index in [-0.39, 0.29) is 5.91 Å². The quantitative estimate of drug-likeness (QED) is 0.895. The zero-order chi connectivity index (χ0) is 14.8. The fourth-order valence-corrected chi connectivity index (χ4v) is 2.47. The smallest absolute Gasteiger partial charge is 0.231 e. The van der Waals surface area contributed by atoms with Crippen molar-refractivity contribution in [1.82, 2.24) is 5.32 Å². The lowest BCUT2D eigenvalue weighted by atomic mass is 9.88. The van der Waals surface area contributed by atoms with Crippen LogP contribution < -0.4 is 20.1 Å². The first-order valence-electron chi connectivity index (χ1n) is 6.44. The Morgan fingerprint density at radius 1 is 1.35 bits per heavy atom. The number of ether oxygens (including phenoxy) is 2. The molecule has 5 nitrogen and oxygen atoms in total. The largest absolute Gasteiger partial charge is 0.495 e. The van der Waals surface area contributed by atoms with Crippen LogP contribution in [0.4, 0.5) is 5.69 Å². The minimum atomic E-state index is -0.405. The molecule has 1 aliphatic heterocycles. The summed E-state index contributed by atoms with van der Waals surface area (Å²) in [5, 5.41) is 6.55. The number of benzene rings is 1. The second-order valence-corrected chi connectivity index (χ2v) is 5.54. The van der Waals surface area contributed by atoms with Gasteiger partial charge in [-0.3, -0.25) is 4.79 Å². The van der Waals surface area contributed by atoms with E-state index in [0.717, 1.165) is 13.0 Å². The fourth-order valence-electron chi connectivity index (χ4n) is 2.24. The molecular formula is C14H19ClN2O3. The maximum absolute atomic E-state index is 12.4. The third kappa shape index (κ3) is 2.83. The van der Waals surface area contributed by atoms with Gasteiger partial charge in [-0.05, 0) is 19.9 Å². The van der Waals surface area contributed by atoms with Gasteiger partial charge in [-0.1, -0.05) is 11.6 Å². The van der Waals surface area contributed by atoms with Gasteiger partial charge in [0.1, 0.15) is 11.5 Å². The summed E-state index contributed by atoms with van der Waals surface area (Å²) in [6.07, 6.45) is 0.811. The van der Waals surface area contributed by atoms with Crippen molar-refractivity contribution in [3.05, 3.63) is 17.2 Å². The van der Waals surface area contributed by atoms with Gasteiger partial charge in [0, 0.05) is 18.7 Å². The molecule has 1 unspecified atom stereocenters. The summed E-state index contributed by atoms with van der Waals surface area (Å²) in [7, 11) is 3.06. The second kappa shape index (κ2) is 5.89. The SMILES string of the molecule is COc1cc(NC(=O)C2(C)CCNC2)c(OC)cc1Cl. The molecule has 110 valence electrons. The number of rotatable bonds is 4. The average molecular weight is 299 g/mol. The summed E-state index contributed by atoms with van der Waals surface area (Å²) in [5.74, 6) is 0.973. The van der Waals surface area contributed by atoms with Gasteiger partial charge in [0.2, 0.25) is 5.91 Å². The topological polar surface area (TPSA) is 59.6 Å². The van der Waals surface area contributed by atoms with Crippen LogP contribution in [0.1, 0.15) is 13.3 Å². The van der Waals surface area contributed by atoms with Crippen molar-refractivity contribution in [2.45, 2.75) is 13.3 Å². The molecule has 2 N–H and O–H groups in total. The summed E-state index contributed by atoms with van der Waals surface area (Å²) in [4.78, 5) is 12.4. The summed E-state index contributed by atoms with van der Waals surface area (Å²) >= 11 is 6.04. The molecular weight excluding hydrogens is 280 g/mol. The third-order valence-electron chi connectivity index (χ3n) is 3.64. The average Bonchev–Trinajstić information content (AvgIpc) is 2.88. The van der Waals surface area contributed by atoms with Crippen LogP contribution in [0.3, 0.4) is 0 Å². The van der Waals surface area contributed by atoms with E-state index < -0.39 is 5.41 Å². The minimum absolute atomic E-state index is 0.0369. The van der Waals surface area contributed by atoms with Gasteiger partial charge in [-0.25, -0.2) is 0 Å². The summed E-state index contributed by atoms with van der Waals surface area (Å²) < 4.78 is 10.4. The predicted octanol–water partition coefficient (Wildman–Crippen LogP) is 2.30. The van der Waals surface area contributed by atoms with Crippen LogP contribution in [0.15, 0.2) is 12.1 Å². The standard InChI is InChI=1S/C14H19ClN2O3/c1-14(4-5-16-8-14)13(18)17-10-7-11(19-2)9(15)6-12(10)20-3/h6-7,16H,4-5,8H2,1-3H3,(H,17,18). The lowest BCUT2D eigenvalue weighted by Gasteiger charge is -2.22. The Balaban J connectivity index is 2.26. The van der Waals surface area contributed by atoms with Crippen LogP contribution in [-0.4, -0.2) is 33.2 Å². The van der Waals surface area contributed by atoms with Crippen molar-refractivity contribution >= 4 is 23.2 Å². The van der Waals surface area contributed by atoms with E-state index in [1.165, 1.54) is 14.2 Å². The van der Waals surface area contributed by atoms with Gasteiger partial charge >= 0.3 is 0 Å². The highest BCUT2D eigenvalue weighted by Crippen LogP contribution is 2.37. The first-order chi connectivity index (χ1) is 9.50. The zero-order valence-corrected chi connectivity index (χ0v) is 12.6. The van der Waals surface area contributed by atoms with Gasteiger partial charge in [-0.2, -0.15) is 0 Å². The highest BCUT2D eigenvalue weighted by molar-refractivity contribution is 6.32. The molecule has 0 spiro atoms. The lowest BCUT2D eigenvalue weighted by molar-refractivity contribution is -0.123. The molecule has 1 aromatic rings. The number of methoxy groups -OCH3 is 2. The molecule has 1 atom stereocenters. The normalized spacial score (nSPS) is 21.6. The van der Waals surface area contributed by atoms with Crippen molar-refractivity contribution in [3.8, 4) is 11.5 Å². The summed E-state index contributed by atoms with van der Waals surface area (Å²) in [6, 6.07) is 3.30.